The van der Waals surface area contributed by atoms with Crippen molar-refractivity contribution in [2.45, 2.75) is 107 Å². The summed E-state index contributed by atoms with van der Waals surface area (Å²) in [4.78, 5) is 0. The summed E-state index contributed by atoms with van der Waals surface area (Å²) in [6.07, 6.45) is 15.2. The first kappa shape index (κ1) is 34.6. The number of hydrogen-bond acceptors (Lipinski definition) is 0. The minimum atomic E-state index is 0.699. The van der Waals surface area contributed by atoms with Crippen LogP contribution in [0.3, 0.4) is 0 Å². The van der Waals surface area contributed by atoms with Gasteiger partial charge in [0.05, 0.1) is 0 Å². The molecule has 0 fully saturated rings. The third-order valence-corrected chi connectivity index (χ3v) is 3.58. The predicted molar refractivity (Wildman–Crippen MR) is 112 cm³/mol. The number of allylic oxidation sites excluding steroid dienone is 3. The second-order valence-electron chi connectivity index (χ2n) is 5.83. The third kappa shape index (κ3) is 68.7. The fourth-order valence-electron chi connectivity index (χ4n) is 0.789. The molecule has 0 aromatic carbocycles. The quantitative estimate of drug-likeness (QED) is 0.401. The van der Waals surface area contributed by atoms with Gasteiger partial charge >= 0.3 is 0 Å². The van der Waals surface area contributed by atoms with Gasteiger partial charge in [0.25, 0.3) is 0 Å². The molecule has 0 aromatic rings. The number of rotatable bonds is 7. The predicted octanol–water partition coefficient (Wildman–Crippen LogP) is 9.67. The van der Waals surface area contributed by atoms with Crippen molar-refractivity contribution in [3.8, 4) is 0 Å². The SMILES string of the molecule is C=CC(C)CC.CCC(C)CC.CCC=CCC.CCCC.FF. The Balaban J connectivity index is -0.0000000652. The van der Waals surface area contributed by atoms with Crippen molar-refractivity contribution in [2.24, 2.45) is 11.8 Å². The number of hydrogen-bond donors (Lipinski definition) is 0. The molecule has 24 heavy (non-hydrogen) atoms. The highest BCUT2D eigenvalue weighted by atomic mass is 20.0. The first-order chi connectivity index (χ1) is 11.4. The van der Waals surface area contributed by atoms with E-state index in [1.54, 1.807) is 0 Å². The molecule has 150 valence electrons. The molecule has 0 bridgehead atoms. The zero-order valence-electron chi connectivity index (χ0n) is 18.3. The zero-order valence-corrected chi connectivity index (χ0v) is 18.3. The molecule has 0 N–H and O–H groups in total. The zero-order chi connectivity index (χ0) is 20.2. The largest absolute Gasteiger partial charge is 0.103 e. The van der Waals surface area contributed by atoms with Gasteiger partial charge in [-0.25, -0.2) is 0 Å². The summed E-state index contributed by atoms with van der Waals surface area (Å²) in [6.45, 7) is 23.3. The molecule has 0 heterocycles. The van der Waals surface area contributed by atoms with E-state index in [-0.39, 0.29) is 0 Å². The summed E-state index contributed by atoms with van der Waals surface area (Å²) >= 11 is 0. The maximum atomic E-state index is 8.00. The molecule has 0 nitrogen and oxygen atoms in total. The van der Waals surface area contributed by atoms with Crippen LogP contribution in [0.15, 0.2) is 24.8 Å². The van der Waals surface area contributed by atoms with Crippen LogP contribution < -0.4 is 0 Å². The lowest BCUT2D eigenvalue weighted by atomic mass is 10.1. The van der Waals surface area contributed by atoms with Crippen molar-refractivity contribution in [1.29, 1.82) is 0 Å². The standard InChI is InChI=1S/C6H14.2C6H12.C4H10.F2/c2*1-4-6(3)5-2;1-3-5-6-4-2;1-3-4-2;1-2/h6H,4-5H2,1-3H3;4,6H,1,5H2,2-3H3;5-6H,3-4H2,1-2H3;3-4H2,1-2H3;. The monoisotopic (exact) mass is 350 g/mol. The maximum absolute atomic E-state index is 8.00. The smallest absolute Gasteiger partial charge is 0 e. The van der Waals surface area contributed by atoms with Crippen molar-refractivity contribution >= 4 is 0 Å². The van der Waals surface area contributed by atoms with Crippen LogP contribution in [0.25, 0.3) is 0 Å². The van der Waals surface area contributed by atoms with E-state index in [2.05, 4.69) is 81.0 Å². The lowest BCUT2D eigenvalue weighted by Gasteiger charge is -1.98. The average Bonchev–Trinajstić information content (AvgIpc) is 2.67. The Bertz CT molecular complexity index is 176. The van der Waals surface area contributed by atoms with Gasteiger partial charge in [-0.15, -0.1) is 6.58 Å². The van der Waals surface area contributed by atoms with E-state index in [9.17, 15) is 0 Å². The van der Waals surface area contributed by atoms with Crippen LogP contribution in [0.1, 0.15) is 107 Å². The van der Waals surface area contributed by atoms with Gasteiger partial charge in [-0.3, -0.25) is 0 Å². The van der Waals surface area contributed by atoms with Gasteiger partial charge in [0.1, 0.15) is 0 Å². The molecular formula is C22H48F2. The molecule has 2 heteroatoms. The van der Waals surface area contributed by atoms with Gasteiger partial charge in [-0.1, -0.05) is 113 Å². The Hall–Kier alpha value is -0.660. The van der Waals surface area contributed by atoms with Crippen molar-refractivity contribution in [3.05, 3.63) is 24.8 Å². The summed E-state index contributed by atoms with van der Waals surface area (Å²) in [5.41, 5.74) is 0. The fraction of sp³-hybridized carbons (Fsp3) is 0.818. The van der Waals surface area contributed by atoms with E-state index < -0.39 is 0 Å². The van der Waals surface area contributed by atoms with Crippen LogP contribution in [-0.4, -0.2) is 0 Å². The van der Waals surface area contributed by atoms with Crippen molar-refractivity contribution in [1.82, 2.24) is 0 Å². The van der Waals surface area contributed by atoms with Crippen molar-refractivity contribution in [3.63, 3.8) is 0 Å². The van der Waals surface area contributed by atoms with E-state index in [0.29, 0.717) is 5.92 Å². The fourth-order valence-corrected chi connectivity index (χ4v) is 0.789. The Labute approximate surface area is 153 Å². The van der Waals surface area contributed by atoms with Crippen LogP contribution >= 0.6 is 0 Å². The summed E-state index contributed by atoms with van der Waals surface area (Å²) < 4.78 is 16.0. The maximum Gasteiger partial charge on any atom is 0 e. The highest BCUT2D eigenvalue weighted by Crippen LogP contribution is 2.02. The summed E-state index contributed by atoms with van der Waals surface area (Å²) in [6, 6.07) is 0. The molecule has 0 aliphatic rings. The highest BCUT2D eigenvalue weighted by Gasteiger charge is 1.88. The van der Waals surface area contributed by atoms with E-state index in [1.807, 2.05) is 6.08 Å². The number of halogens is 2. The lowest BCUT2D eigenvalue weighted by molar-refractivity contribution is 0.108. The molecule has 0 rings (SSSR count). The van der Waals surface area contributed by atoms with Gasteiger partial charge < -0.3 is 0 Å². The van der Waals surface area contributed by atoms with Crippen LogP contribution in [0, 0.1) is 11.8 Å². The molecule has 0 aromatic heterocycles. The second-order valence-corrected chi connectivity index (χ2v) is 5.83. The van der Waals surface area contributed by atoms with Crippen LogP contribution in [-0.2, 0) is 0 Å². The Morgan fingerprint density at radius 2 is 1.04 bits per heavy atom. The van der Waals surface area contributed by atoms with E-state index in [1.165, 1.54) is 44.9 Å². The molecule has 0 radical (unpaired) electrons. The van der Waals surface area contributed by atoms with E-state index in [4.69, 9.17) is 9.15 Å². The van der Waals surface area contributed by atoms with Gasteiger partial charge in [-0.2, -0.15) is 0 Å². The first-order valence-electron chi connectivity index (χ1n) is 9.86. The molecule has 0 spiro atoms. The van der Waals surface area contributed by atoms with E-state index in [0.717, 1.165) is 5.92 Å². The molecule has 0 saturated heterocycles. The first-order valence-corrected chi connectivity index (χ1v) is 9.86. The van der Waals surface area contributed by atoms with Gasteiger partial charge in [-0.05, 0) is 24.7 Å². The van der Waals surface area contributed by atoms with Gasteiger partial charge in [0.15, 0.2) is 0 Å². The van der Waals surface area contributed by atoms with Crippen LogP contribution in [0.2, 0.25) is 0 Å². The molecule has 0 amide bonds. The molecule has 1 atom stereocenters. The number of unbranched alkanes of at least 4 members (excludes halogenated alkanes) is 1. The molecule has 0 aliphatic carbocycles. The van der Waals surface area contributed by atoms with Gasteiger partial charge in [0.2, 0.25) is 0 Å². The Kier molecular flexibility index (Phi) is 62.4. The average molecular weight is 351 g/mol. The van der Waals surface area contributed by atoms with Crippen LogP contribution in [0.5, 0.6) is 0 Å². The normalized spacial score (nSPS) is 10.0. The summed E-state index contributed by atoms with van der Waals surface area (Å²) in [5.74, 6) is 1.63. The third-order valence-electron chi connectivity index (χ3n) is 3.58. The van der Waals surface area contributed by atoms with Crippen LogP contribution in [0.4, 0.5) is 9.15 Å². The molecule has 1 unspecified atom stereocenters. The molecular weight excluding hydrogens is 302 g/mol. The molecule has 0 aliphatic heterocycles. The van der Waals surface area contributed by atoms with Gasteiger partial charge in [0, 0.05) is 9.15 Å². The summed E-state index contributed by atoms with van der Waals surface area (Å²) in [7, 11) is 0. The lowest BCUT2D eigenvalue weighted by Crippen LogP contribution is -1.85. The topological polar surface area (TPSA) is 0 Å². The minimum Gasteiger partial charge on any atom is -0.103 e. The van der Waals surface area contributed by atoms with Crippen molar-refractivity contribution < 1.29 is 9.15 Å². The van der Waals surface area contributed by atoms with E-state index >= 15 is 0 Å². The van der Waals surface area contributed by atoms with Crippen molar-refractivity contribution in [2.75, 3.05) is 0 Å². The second kappa shape index (κ2) is 43.2. The minimum absolute atomic E-state index is 0.699. The summed E-state index contributed by atoms with van der Waals surface area (Å²) in [5, 5.41) is 0. The molecule has 0 saturated carbocycles. The highest BCUT2D eigenvalue weighted by molar-refractivity contribution is 4.77. The Morgan fingerprint density at radius 1 is 0.708 bits per heavy atom. The Morgan fingerprint density at radius 3 is 1.08 bits per heavy atom.